The van der Waals surface area contributed by atoms with Crippen LogP contribution in [0.3, 0.4) is 0 Å². The van der Waals surface area contributed by atoms with Crippen LogP contribution < -0.4 is 9.64 Å². The molecule has 1 amide bonds. The number of aryl methyl sites for hydroxylation is 2. The van der Waals surface area contributed by atoms with E-state index < -0.39 is 0 Å². The minimum Gasteiger partial charge on any atom is -0.504 e. The van der Waals surface area contributed by atoms with Crippen molar-refractivity contribution in [2.75, 3.05) is 12.0 Å². The van der Waals surface area contributed by atoms with Gasteiger partial charge >= 0.3 is 0 Å². The molecule has 7 heteroatoms. The van der Waals surface area contributed by atoms with Crippen LogP contribution in [0.4, 0.5) is 11.4 Å². The Hall–Kier alpha value is -3.22. The smallest absolute Gasteiger partial charge is 0.271 e. The number of carbonyl (C=O) groups is 1. The quantitative estimate of drug-likeness (QED) is 0.449. The summed E-state index contributed by atoms with van der Waals surface area (Å²) in [4.78, 5) is 20.2. The lowest BCUT2D eigenvalue weighted by Crippen LogP contribution is -2.28. The number of amidine groups is 1. The number of benzene rings is 3. The third-order valence-corrected chi connectivity index (χ3v) is 6.06. The number of ether oxygens (including phenoxy) is 1. The van der Waals surface area contributed by atoms with Crippen molar-refractivity contribution in [3.05, 3.63) is 87.3 Å². The highest BCUT2D eigenvalue weighted by atomic mass is 35.5. The molecule has 0 spiro atoms. The van der Waals surface area contributed by atoms with Gasteiger partial charge in [0.25, 0.3) is 5.91 Å². The van der Waals surface area contributed by atoms with Crippen LogP contribution in [-0.2, 0) is 4.79 Å². The van der Waals surface area contributed by atoms with Crippen LogP contribution in [0.25, 0.3) is 6.08 Å². The highest BCUT2D eigenvalue weighted by Crippen LogP contribution is 2.40. The lowest BCUT2D eigenvalue weighted by Gasteiger charge is -2.16. The van der Waals surface area contributed by atoms with Crippen LogP contribution in [0.1, 0.15) is 16.7 Å². The van der Waals surface area contributed by atoms with Crippen molar-refractivity contribution in [2.24, 2.45) is 4.99 Å². The van der Waals surface area contributed by atoms with Gasteiger partial charge < -0.3 is 9.84 Å². The Morgan fingerprint density at radius 3 is 2.47 bits per heavy atom. The van der Waals surface area contributed by atoms with E-state index in [0.717, 1.165) is 22.5 Å². The molecule has 0 aromatic heterocycles. The molecule has 3 aromatic carbocycles. The number of hydrogen-bond donors (Lipinski definition) is 1. The van der Waals surface area contributed by atoms with Gasteiger partial charge in [0, 0.05) is 16.7 Å². The maximum absolute atomic E-state index is 13.4. The number of anilines is 1. The molecule has 32 heavy (non-hydrogen) atoms. The molecule has 1 N–H and O–H groups in total. The molecule has 4 rings (SSSR count). The third kappa shape index (κ3) is 4.52. The van der Waals surface area contributed by atoms with E-state index in [1.165, 1.54) is 24.9 Å². The number of carbonyl (C=O) groups excluding carboxylic acids is 1. The maximum Gasteiger partial charge on any atom is 0.271 e. The van der Waals surface area contributed by atoms with Gasteiger partial charge in [-0.2, -0.15) is 0 Å². The van der Waals surface area contributed by atoms with Crippen molar-refractivity contribution in [1.29, 1.82) is 0 Å². The number of amides is 1. The van der Waals surface area contributed by atoms with E-state index in [9.17, 15) is 9.90 Å². The van der Waals surface area contributed by atoms with E-state index in [-0.39, 0.29) is 17.4 Å². The molecule has 0 bridgehead atoms. The van der Waals surface area contributed by atoms with Gasteiger partial charge in [-0.3, -0.25) is 9.69 Å². The van der Waals surface area contributed by atoms with Gasteiger partial charge in [0.05, 0.1) is 23.4 Å². The largest absolute Gasteiger partial charge is 0.504 e. The first-order valence-electron chi connectivity index (χ1n) is 9.88. The molecule has 0 unspecified atom stereocenters. The Morgan fingerprint density at radius 1 is 1.06 bits per heavy atom. The van der Waals surface area contributed by atoms with Crippen molar-refractivity contribution < 1.29 is 14.6 Å². The molecule has 1 aliphatic rings. The highest BCUT2D eigenvalue weighted by Gasteiger charge is 2.35. The van der Waals surface area contributed by atoms with Gasteiger partial charge in [-0.1, -0.05) is 35.9 Å². The summed E-state index contributed by atoms with van der Waals surface area (Å²) in [6, 6.07) is 18.6. The van der Waals surface area contributed by atoms with Crippen LogP contribution in [0.5, 0.6) is 11.5 Å². The predicted molar refractivity (Wildman–Crippen MR) is 132 cm³/mol. The van der Waals surface area contributed by atoms with Gasteiger partial charge in [0.2, 0.25) is 0 Å². The van der Waals surface area contributed by atoms with Gasteiger partial charge in [-0.05, 0) is 73.1 Å². The first-order valence-corrected chi connectivity index (χ1v) is 11.1. The van der Waals surface area contributed by atoms with Gasteiger partial charge in [0.1, 0.15) is 0 Å². The SMILES string of the molecule is COc1cc(Cl)cc(/C=C2/SC(=Nc3cccc(C)c3)N(c3cccc(C)c3)C2=O)c1O. The number of phenols is 1. The van der Waals surface area contributed by atoms with E-state index in [1.807, 2.05) is 62.4 Å². The van der Waals surface area contributed by atoms with Gasteiger partial charge in [-0.15, -0.1) is 0 Å². The zero-order chi connectivity index (χ0) is 22.8. The molecule has 1 heterocycles. The summed E-state index contributed by atoms with van der Waals surface area (Å²) in [6.07, 6.45) is 1.61. The molecule has 5 nitrogen and oxygen atoms in total. The van der Waals surface area contributed by atoms with E-state index >= 15 is 0 Å². The second-order valence-corrected chi connectivity index (χ2v) is 8.82. The van der Waals surface area contributed by atoms with Crippen LogP contribution in [-0.4, -0.2) is 23.3 Å². The molecular weight excluding hydrogens is 444 g/mol. The van der Waals surface area contributed by atoms with E-state index in [2.05, 4.69) is 0 Å². The number of phenolic OH excluding ortho intramolecular Hbond substituents is 1. The van der Waals surface area contributed by atoms with Gasteiger partial charge in [-0.25, -0.2) is 4.99 Å². The Bertz CT molecular complexity index is 1270. The second kappa shape index (κ2) is 9.10. The monoisotopic (exact) mass is 464 g/mol. The number of aliphatic imine (C=N–C) groups is 1. The number of methoxy groups -OCH3 is 1. The van der Waals surface area contributed by atoms with Crippen molar-refractivity contribution in [1.82, 2.24) is 0 Å². The molecule has 0 radical (unpaired) electrons. The van der Waals surface area contributed by atoms with Crippen molar-refractivity contribution in [3.8, 4) is 11.5 Å². The lowest BCUT2D eigenvalue weighted by molar-refractivity contribution is -0.113. The fourth-order valence-electron chi connectivity index (χ4n) is 3.35. The maximum atomic E-state index is 13.4. The van der Waals surface area contributed by atoms with Crippen LogP contribution in [0.2, 0.25) is 5.02 Å². The standard InChI is InChI=1S/C25H21ClN2O3S/c1-15-6-4-8-19(10-15)27-25-28(20-9-5-7-16(2)11-20)24(30)22(32-25)13-17-12-18(26)14-21(31-3)23(17)29/h4-14,29H,1-3H3/b22-13+,27-25?. The molecule has 3 aromatic rings. The Balaban J connectivity index is 1.83. The summed E-state index contributed by atoms with van der Waals surface area (Å²) in [5, 5.41) is 11.4. The average molecular weight is 465 g/mol. The number of rotatable bonds is 4. The topological polar surface area (TPSA) is 62.1 Å². The Morgan fingerprint density at radius 2 is 1.78 bits per heavy atom. The zero-order valence-electron chi connectivity index (χ0n) is 17.8. The number of halogens is 1. The molecule has 1 fully saturated rings. The highest BCUT2D eigenvalue weighted by molar-refractivity contribution is 8.19. The molecular formula is C25H21ClN2O3S. The minimum absolute atomic E-state index is 0.0796. The Kier molecular flexibility index (Phi) is 6.26. The fraction of sp³-hybridized carbons (Fsp3) is 0.120. The summed E-state index contributed by atoms with van der Waals surface area (Å²) >= 11 is 7.41. The second-order valence-electron chi connectivity index (χ2n) is 7.37. The molecule has 0 saturated carbocycles. The Labute approximate surface area is 196 Å². The predicted octanol–water partition coefficient (Wildman–Crippen LogP) is 6.48. The molecule has 162 valence electrons. The van der Waals surface area contributed by atoms with Crippen molar-refractivity contribution >= 4 is 51.9 Å². The molecule has 1 aliphatic heterocycles. The average Bonchev–Trinajstić information content (AvgIpc) is 3.05. The first kappa shape index (κ1) is 22.0. The number of hydrogen-bond acceptors (Lipinski definition) is 5. The first-order chi connectivity index (χ1) is 15.4. The number of aromatic hydroxyl groups is 1. The summed E-state index contributed by atoms with van der Waals surface area (Å²) in [6.45, 7) is 3.97. The fourth-order valence-corrected chi connectivity index (χ4v) is 4.56. The minimum atomic E-state index is -0.231. The van der Waals surface area contributed by atoms with E-state index in [0.29, 0.717) is 20.7 Å². The van der Waals surface area contributed by atoms with Gasteiger partial charge in [0.15, 0.2) is 16.7 Å². The number of nitrogens with zero attached hydrogens (tertiary/aromatic N) is 2. The molecule has 0 aliphatic carbocycles. The third-order valence-electron chi connectivity index (χ3n) is 4.87. The summed E-state index contributed by atoms with van der Waals surface area (Å²) < 4.78 is 5.18. The van der Waals surface area contributed by atoms with Crippen molar-refractivity contribution in [2.45, 2.75) is 13.8 Å². The van der Waals surface area contributed by atoms with Crippen molar-refractivity contribution in [3.63, 3.8) is 0 Å². The summed E-state index contributed by atoms with van der Waals surface area (Å²) in [5.41, 5.74) is 3.99. The van der Waals surface area contributed by atoms with Crippen LogP contribution >= 0.6 is 23.4 Å². The number of thioether (sulfide) groups is 1. The normalized spacial score (nSPS) is 16.2. The zero-order valence-corrected chi connectivity index (χ0v) is 19.4. The van der Waals surface area contributed by atoms with Crippen LogP contribution in [0, 0.1) is 13.8 Å². The molecule has 0 atom stereocenters. The lowest BCUT2D eigenvalue weighted by atomic mass is 10.1. The van der Waals surface area contributed by atoms with E-state index in [4.69, 9.17) is 21.3 Å². The summed E-state index contributed by atoms with van der Waals surface area (Å²) in [7, 11) is 1.45. The summed E-state index contributed by atoms with van der Waals surface area (Å²) in [5.74, 6) is -0.0710. The van der Waals surface area contributed by atoms with E-state index in [1.54, 1.807) is 17.0 Å². The van der Waals surface area contributed by atoms with Crippen LogP contribution in [0.15, 0.2) is 70.6 Å². The molecule has 1 saturated heterocycles.